The molecule has 0 amide bonds. The van der Waals surface area contributed by atoms with Gasteiger partial charge in [-0.1, -0.05) is 10.9 Å². The van der Waals surface area contributed by atoms with E-state index in [1.165, 1.54) is 25.9 Å². The molecule has 2 heterocycles. The number of fused-ring (bicyclic) bond motifs is 1. The van der Waals surface area contributed by atoms with Crippen LogP contribution in [0.25, 0.3) is 10.9 Å². The molecule has 0 saturated carbocycles. The molecule has 4 aromatic rings. The molecular formula is C29H32Br2N6O7. The number of ether oxygens (including phenoxy) is 4. The SMILES string of the molecule is CC#Cc1c(OC)ccc2c(C(=O)c3cc(OC)c(OC)c(OC)c3)nn(C[N+](C)(C)Cc3c(Br)nc([N+](=O)[O-])n3C)c12.[Br-]. The molecular weight excluding hydrogens is 704 g/mol. The zero-order chi connectivity index (χ0) is 31.6. The van der Waals surface area contributed by atoms with Crippen LogP contribution in [0.4, 0.5) is 5.95 Å². The van der Waals surface area contributed by atoms with Crippen LogP contribution in [0, 0.1) is 22.0 Å². The van der Waals surface area contributed by atoms with E-state index < -0.39 is 4.92 Å². The summed E-state index contributed by atoms with van der Waals surface area (Å²) in [7, 11) is 11.5. The van der Waals surface area contributed by atoms with Crippen molar-refractivity contribution in [3.05, 3.63) is 61.5 Å². The molecule has 0 aliphatic carbocycles. The van der Waals surface area contributed by atoms with Crippen LogP contribution in [0.5, 0.6) is 23.0 Å². The quantitative estimate of drug-likeness (QED) is 0.0736. The Kier molecular flexibility index (Phi) is 10.7. The molecule has 15 heteroatoms. The third kappa shape index (κ3) is 6.37. The van der Waals surface area contributed by atoms with Crippen LogP contribution in [-0.2, 0) is 20.3 Å². The van der Waals surface area contributed by atoms with Crippen LogP contribution in [0.15, 0.2) is 28.9 Å². The Morgan fingerprint density at radius 2 is 1.68 bits per heavy atom. The van der Waals surface area contributed by atoms with Crippen LogP contribution >= 0.6 is 15.9 Å². The lowest BCUT2D eigenvalue weighted by molar-refractivity contribution is -0.926. The maximum atomic E-state index is 14.1. The van der Waals surface area contributed by atoms with Crippen molar-refractivity contribution < 1.29 is 50.1 Å². The lowest BCUT2D eigenvalue weighted by atomic mass is 10.0. The first-order chi connectivity index (χ1) is 20.4. The van der Waals surface area contributed by atoms with Gasteiger partial charge in [-0.3, -0.25) is 4.79 Å². The summed E-state index contributed by atoms with van der Waals surface area (Å²) in [6.45, 7) is 2.35. The minimum atomic E-state index is -0.529. The number of hydrogen-bond acceptors (Lipinski definition) is 9. The number of imidazole rings is 1. The predicted molar refractivity (Wildman–Crippen MR) is 162 cm³/mol. The second-order valence-corrected chi connectivity index (χ2v) is 11.0. The van der Waals surface area contributed by atoms with Gasteiger partial charge < -0.3 is 50.5 Å². The van der Waals surface area contributed by atoms with Crippen molar-refractivity contribution in [3.63, 3.8) is 0 Å². The first kappa shape index (κ1) is 34.4. The average Bonchev–Trinajstić information content (AvgIpc) is 3.47. The van der Waals surface area contributed by atoms with Gasteiger partial charge in [0.1, 0.15) is 18.0 Å². The van der Waals surface area contributed by atoms with Crippen molar-refractivity contribution in [2.75, 3.05) is 42.5 Å². The van der Waals surface area contributed by atoms with Crippen molar-refractivity contribution >= 4 is 38.6 Å². The van der Waals surface area contributed by atoms with Gasteiger partial charge in [-0.2, -0.15) is 5.10 Å². The Hall–Kier alpha value is -4.13. The standard InChI is InChI=1S/C29H32BrN6O7.BrH/c1-9-10-18-21(40-5)12-11-19-24(26(37)17-13-22(41-6)27(43-8)23(14-17)42-7)32-34(25(18)19)16-36(3,4)15-20-28(30)31-29(33(20)2)35(38)39;/h11-14H,15-16H2,1-8H3;1H/q+1;/p-1. The highest BCUT2D eigenvalue weighted by atomic mass is 79.9. The molecule has 2 aromatic carbocycles. The van der Waals surface area contributed by atoms with E-state index in [2.05, 4.69) is 32.8 Å². The van der Waals surface area contributed by atoms with Crippen LogP contribution in [0.3, 0.4) is 0 Å². The summed E-state index contributed by atoms with van der Waals surface area (Å²) in [6.07, 6.45) is 0. The summed E-state index contributed by atoms with van der Waals surface area (Å²) in [6, 6.07) is 6.70. The molecule has 0 aliphatic heterocycles. The van der Waals surface area contributed by atoms with E-state index in [-0.39, 0.29) is 41.1 Å². The molecule has 0 fully saturated rings. The largest absolute Gasteiger partial charge is 1.00 e. The smallest absolute Gasteiger partial charge is 0.435 e. The highest BCUT2D eigenvalue weighted by molar-refractivity contribution is 9.10. The third-order valence-corrected chi connectivity index (χ3v) is 7.52. The first-order valence-electron chi connectivity index (χ1n) is 12.9. The van der Waals surface area contributed by atoms with E-state index in [1.807, 2.05) is 14.1 Å². The van der Waals surface area contributed by atoms with Crippen LogP contribution in [-0.4, -0.2) is 77.1 Å². The fraction of sp³-hybridized carbons (Fsp3) is 0.345. The van der Waals surface area contributed by atoms with Crippen molar-refractivity contribution in [2.45, 2.75) is 20.1 Å². The van der Waals surface area contributed by atoms with Gasteiger partial charge in [0.15, 0.2) is 23.9 Å². The second kappa shape index (κ2) is 13.7. The molecule has 0 unspecified atom stereocenters. The number of methoxy groups -OCH3 is 4. The summed E-state index contributed by atoms with van der Waals surface area (Å²) < 4.78 is 25.8. The molecule has 0 aliphatic rings. The predicted octanol–water partition coefficient (Wildman–Crippen LogP) is 1.32. The zero-order valence-corrected chi connectivity index (χ0v) is 28.7. The molecule has 0 atom stereocenters. The summed E-state index contributed by atoms with van der Waals surface area (Å²) in [4.78, 5) is 29.0. The number of nitro groups is 1. The molecule has 234 valence electrons. The molecule has 13 nitrogen and oxygen atoms in total. The van der Waals surface area contributed by atoms with Crippen LogP contribution in [0.1, 0.15) is 34.2 Å². The van der Waals surface area contributed by atoms with Crippen molar-refractivity contribution in [1.82, 2.24) is 19.3 Å². The van der Waals surface area contributed by atoms with Gasteiger partial charge in [0, 0.05) is 10.9 Å². The third-order valence-electron chi connectivity index (χ3n) is 6.88. The van der Waals surface area contributed by atoms with E-state index in [4.69, 9.17) is 24.0 Å². The molecule has 44 heavy (non-hydrogen) atoms. The molecule has 0 bridgehead atoms. The number of nitrogens with zero attached hydrogens (tertiary/aromatic N) is 6. The van der Waals surface area contributed by atoms with Crippen molar-refractivity contribution in [1.29, 1.82) is 0 Å². The Bertz CT molecular complexity index is 1780. The molecule has 2 aromatic heterocycles. The van der Waals surface area contributed by atoms with E-state index in [1.54, 1.807) is 50.0 Å². The van der Waals surface area contributed by atoms with Crippen molar-refractivity contribution in [3.8, 4) is 34.8 Å². The van der Waals surface area contributed by atoms with Gasteiger partial charge in [-0.05, 0) is 52.0 Å². The van der Waals surface area contributed by atoms with Crippen molar-refractivity contribution in [2.24, 2.45) is 7.05 Å². The van der Waals surface area contributed by atoms with Crippen LogP contribution in [0.2, 0.25) is 0 Å². The minimum Gasteiger partial charge on any atom is -1.00 e. The Morgan fingerprint density at radius 1 is 1.07 bits per heavy atom. The second-order valence-electron chi connectivity index (χ2n) is 10.2. The number of carbonyl (C=O) groups is 1. The molecule has 0 radical (unpaired) electrons. The van der Waals surface area contributed by atoms with Gasteiger partial charge in [0.2, 0.25) is 16.1 Å². The summed E-state index contributed by atoms with van der Waals surface area (Å²) in [5.41, 5.74) is 2.32. The number of benzene rings is 2. The lowest BCUT2D eigenvalue weighted by Gasteiger charge is -2.29. The van der Waals surface area contributed by atoms with Gasteiger partial charge in [0.05, 0.1) is 60.7 Å². The zero-order valence-electron chi connectivity index (χ0n) is 25.5. The Balaban J connectivity index is 0.00000529. The highest BCUT2D eigenvalue weighted by Gasteiger charge is 2.32. The van der Waals surface area contributed by atoms with E-state index in [0.29, 0.717) is 66.4 Å². The van der Waals surface area contributed by atoms with Gasteiger partial charge in [0.25, 0.3) is 0 Å². The fourth-order valence-corrected chi connectivity index (χ4v) is 5.48. The van der Waals surface area contributed by atoms with Gasteiger partial charge in [-0.25, -0.2) is 9.25 Å². The monoisotopic (exact) mass is 734 g/mol. The molecule has 0 spiro atoms. The summed E-state index contributed by atoms with van der Waals surface area (Å²) >= 11 is 3.37. The number of hydrogen-bond donors (Lipinski definition) is 0. The minimum absolute atomic E-state index is 0. The number of aromatic nitrogens is 4. The fourth-order valence-electron chi connectivity index (χ4n) is 4.93. The number of quaternary nitrogens is 1. The highest BCUT2D eigenvalue weighted by Crippen LogP contribution is 2.39. The summed E-state index contributed by atoms with van der Waals surface area (Å²) in [5.74, 6) is 6.98. The first-order valence-corrected chi connectivity index (χ1v) is 13.7. The maximum Gasteiger partial charge on any atom is 0.435 e. The average molecular weight is 736 g/mol. The number of rotatable bonds is 11. The van der Waals surface area contributed by atoms with E-state index >= 15 is 0 Å². The Morgan fingerprint density at radius 3 is 2.18 bits per heavy atom. The number of ketones is 1. The van der Waals surface area contributed by atoms with Crippen LogP contribution < -0.4 is 35.9 Å². The number of halogens is 2. The lowest BCUT2D eigenvalue weighted by Crippen LogP contribution is -3.00. The molecule has 4 rings (SSSR count). The molecule has 0 N–H and O–H groups in total. The van der Waals surface area contributed by atoms with Gasteiger partial charge >= 0.3 is 5.95 Å². The molecule has 0 saturated heterocycles. The topological polar surface area (TPSA) is 133 Å². The van der Waals surface area contributed by atoms with E-state index in [0.717, 1.165) is 0 Å². The Labute approximate surface area is 273 Å². The maximum absolute atomic E-state index is 14.1. The number of carbonyl (C=O) groups excluding carboxylic acids is 1. The summed E-state index contributed by atoms with van der Waals surface area (Å²) in [5, 5.41) is 16.8. The van der Waals surface area contributed by atoms with E-state index in [9.17, 15) is 14.9 Å². The normalized spacial score (nSPS) is 10.9. The van der Waals surface area contributed by atoms with Gasteiger partial charge in [-0.15, -0.1) is 5.92 Å².